The lowest BCUT2D eigenvalue weighted by Gasteiger charge is -2.07. The number of nitrogens with two attached hydrogens (primary N) is 1. The third-order valence-electron chi connectivity index (χ3n) is 2.83. The average molecular weight is 282 g/mol. The number of H-pyrrole nitrogens is 1. The predicted molar refractivity (Wildman–Crippen MR) is 79.7 cm³/mol. The Hall–Kier alpha value is -1.56. The molecule has 0 aromatic carbocycles. The summed E-state index contributed by atoms with van der Waals surface area (Å²) in [6, 6.07) is 0. The molecule has 0 spiro atoms. The van der Waals surface area contributed by atoms with Gasteiger partial charge in [-0.2, -0.15) is 5.10 Å². The van der Waals surface area contributed by atoms with Crippen LogP contribution < -0.4 is 11.1 Å². The molecule has 1 rings (SSSR count). The molecule has 0 saturated heterocycles. The van der Waals surface area contributed by atoms with Gasteiger partial charge in [-0.25, -0.2) is 0 Å². The maximum Gasteiger partial charge on any atom is 0.273 e. The van der Waals surface area contributed by atoms with Crippen LogP contribution in [0.5, 0.6) is 0 Å². The van der Waals surface area contributed by atoms with Crippen molar-refractivity contribution in [3.05, 3.63) is 11.4 Å². The number of carbonyl (C=O) groups is 1. The Balaban J connectivity index is 2.33. The highest BCUT2D eigenvalue weighted by atomic mass is 16.5. The first kappa shape index (κ1) is 16.5. The largest absolute Gasteiger partial charge is 0.395 e. The fourth-order valence-electron chi connectivity index (χ4n) is 1.76. The second-order valence-electron chi connectivity index (χ2n) is 5.63. The van der Waals surface area contributed by atoms with Crippen LogP contribution in [0.15, 0.2) is 0 Å². The second kappa shape index (κ2) is 7.89. The van der Waals surface area contributed by atoms with Gasteiger partial charge in [-0.15, -0.1) is 0 Å². The van der Waals surface area contributed by atoms with E-state index in [1.54, 1.807) is 0 Å². The monoisotopic (exact) mass is 282 g/mol. The van der Waals surface area contributed by atoms with Gasteiger partial charge in [0.1, 0.15) is 0 Å². The van der Waals surface area contributed by atoms with Crippen LogP contribution in [0.25, 0.3) is 0 Å². The standard InChI is InChI=1S/C14H26N4O2/c1-9(2)8-20-7-5-6-16-14(19)13-11(15)12(10(3)4)17-18-13/h9-10H,5-8,15H2,1-4H3,(H,16,19)(H,17,18). The van der Waals surface area contributed by atoms with Crippen molar-refractivity contribution in [2.75, 3.05) is 25.5 Å². The van der Waals surface area contributed by atoms with Gasteiger partial charge >= 0.3 is 0 Å². The lowest BCUT2D eigenvalue weighted by atomic mass is 10.1. The number of nitrogens with zero attached hydrogens (tertiary/aromatic N) is 1. The van der Waals surface area contributed by atoms with E-state index in [0.717, 1.165) is 18.7 Å². The summed E-state index contributed by atoms with van der Waals surface area (Å²) < 4.78 is 5.44. The van der Waals surface area contributed by atoms with Crippen LogP contribution in [0.4, 0.5) is 5.69 Å². The zero-order chi connectivity index (χ0) is 15.1. The normalized spacial score (nSPS) is 11.3. The molecule has 1 aromatic rings. The second-order valence-corrected chi connectivity index (χ2v) is 5.63. The number of hydrogen-bond acceptors (Lipinski definition) is 4. The number of amides is 1. The predicted octanol–water partition coefficient (Wildman–Crippen LogP) is 1.91. The number of hydrogen-bond donors (Lipinski definition) is 3. The van der Waals surface area contributed by atoms with Crippen LogP contribution in [0, 0.1) is 5.92 Å². The molecule has 6 nitrogen and oxygen atoms in total. The Bertz CT molecular complexity index is 427. The number of aromatic nitrogens is 2. The molecule has 6 heteroatoms. The number of nitrogens with one attached hydrogen (secondary N) is 2. The summed E-state index contributed by atoms with van der Waals surface area (Å²) >= 11 is 0. The van der Waals surface area contributed by atoms with Gasteiger partial charge in [-0.1, -0.05) is 27.7 Å². The Morgan fingerprint density at radius 1 is 1.40 bits per heavy atom. The summed E-state index contributed by atoms with van der Waals surface area (Å²) in [5.74, 6) is 0.505. The molecule has 0 fully saturated rings. The molecule has 20 heavy (non-hydrogen) atoms. The minimum Gasteiger partial charge on any atom is -0.395 e. The molecule has 0 aliphatic rings. The fourth-order valence-corrected chi connectivity index (χ4v) is 1.76. The molecular formula is C14H26N4O2. The molecule has 114 valence electrons. The zero-order valence-corrected chi connectivity index (χ0v) is 12.8. The molecule has 0 saturated carbocycles. The van der Waals surface area contributed by atoms with E-state index in [1.165, 1.54) is 0 Å². The fraction of sp³-hybridized carbons (Fsp3) is 0.714. The van der Waals surface area contributed by atoms with Crippen molar-refractivity contribution in [3.63, 3.8) is 0 Å². The van der Waals surface area contributed by atoms with Crippen LogP contribution in [0.2, 0.25) is 0 Å². The van der Waals surface area contributed by atoms with Gasteiger partial charge in [-0.05, 0) is 18.3 Å². The molecule has 1 amide bonds. The molecule has 1 aromatic heterocycles. The summed E-state index contributed by atoms with van der Waals surface area (Å²) in [7, 11) is 0. The molecule has 0 radical (unpaired) electrons. The molecule has 4 N–H and O–H groups in total. The highest BCUT2D eigenvalue weighted by molar-refractivity contribution is 5.97. The highest BCUT2D eigenvalue weighted by Crippen LogP contribution is 2.21. The third-order valence-corrected chi connectivity index (χ3v) is 2.83. The quantitative estimate of drug-likeness (QED) is 0.635. The summed E-state index contributed by atoms with van der Waals surface area (Å²) in [5.41, 5.74) is 7.43. The topological polar surface area (TPSA) is 93.0 Å². The minimum absolute atomic E-state index is 0.216. The number of ether oxygens (including phenoxy) is 1. The van der Waals surface area contributed by atoms with Gasteiger partial charge in [0.2, 0.25) is 0 Å². The molecule has 0 bridgehead atoms. The molecule has 0 atom stereocenters. The number of anilines is 1. The van der Waals surface area contributed by atoms with Crippen LogP contribution in [0.1, 0.15) is 56.2 Å². The van der Waals surface area contributed by atoms with Crippen LogP contribution in [-0.2, 0) is 4.74 Å². The summed E-state index contributed by atoms with van der Waals surface area (Å²) in [4.78, 5) is 11.9. The van der Waals surface area contributed by atoms with Gasteiger partial charge in [0.15, 0.2) is 5.69 Å². The van der Waals surface area contributed by atoms with Gasteiger partial charge in [0.05, 0.1) is 11.4 Å². The van der Waals surface area contributed by atoms with Gasteiger partial charge in [-0.3, -0.25) is 9.89 Å². The first-order chi connectivity index (χ1) is 9.43. The Kier molecular flexibility index (Phi) is 6.51. The maximum absolute atomic E-state index is 11.9. The van der Waals surface area contributed by atoms with Crippen molar-refractivity contribution in [3.8, 4) is 0 Å². The van der Waals surface area contributed by atoms with Crippen molar-refractivity contribution < 1.29 is 9.53 Å². The lowest BCUT2D eigenvalue weighted by Crippen LogP contribution is -2.26. The van der Waals surface area contributed by atoms with E-state index >= 15 is 0 Å². The van der Waals surface area contributed by atoms with E-state index in [2.05, 4.69) is 29.4 Å². The number of carbonyl (C=O) groups excluding carboxylic acids is 1. The number of aromatic amines is 1. The van der Waals surface area contributed by atoms with Crippen molar-refractivity contribution in [1.29, 1.82) is 0 Å². The molecule has 0 aliphatic carbocycles. The Morgan fingerprint density at radius 2 is 2.10 bits per heavy atom. The molecule has 0 aliphatic heterocycles. The van der Waals surface area contributed by atoms with E-state index < -0.39 is 0 Å². The Morgan fingerprint density at radius 3 is 2.65 bits per heavy atom. The smallest absolute Gasteiger partial charge is 0.273 e. The number of nitrogen functional groups attached to an aromatic ring is 1. The summed E-state index contributed by atoms with van der Waals surface area (Å²) in [6.07, 6.45) is 0.778. The van der Waals surface area contributed by atoms with E-state index in [1.807, 2.05) is 13.8 Å². The maximum atomic E-state index is 11.9. The number of rotatable bonds is 8. The van der Waals surface area contributed by atoms with Crippen molar-refractivity contribution in [2.24, 2.45) is 5.92 Å². The first-order valence-corrected chi connectivity index (χ1v) is 7.13. The first-order valence-electron chi connectivity index (χ1n) is 7.13. The third kappa shape index (κ3) is 4.85. The van der Waals surface area contributed by atoms with E-state index in [0.29, 0.717) is 24.8 Å². The van der Waals surface area contributed by atoms with Crippen molar-refractivity contribution in [1.82, 2.24) is 15.5 Å². The zero-order valence-electron chi connectivity index (χ0n) is 12.8. The summed E-state index contributed by atoms with van der Waals surface area (Å²) in [6.45, 7) is 10.2. The van der Waals surface area contributed by atoms with Crippen molar-refractivity contribution in [2.45, 2.75) is 40.0 Å². The van der Waals surface area contributed by atoms with Gasteiger partial charge < -0.3 is 15.8 Å². The highest BCUT2D eigenvalue weighted by Gasteiger charge is 2.18. The lowest BCUT2D eigenvalue weighted by molar-refractivity contribution is 0.0921. The minimum atomic E-state index is -0.241. The van der Waals surface area contributed by atoms with E-state index in [4.69, 9.17) is 10.5 Å². The van der Waals surface area contributed by atoms with Crippen LogP contribution >= 0.6 is 0 Å². The van der Waals surface area contributed by atoms with Gasteiger partial charge in [0.25, 0.3) is 5.91 Å². The van der Waals surface area contributed by atoms with Crippen LogP contribution in [-0.4, -0.2) is 35.9 Å². The average Bonchev–Trinajstić information content (AvgIpc) is 2.75. The Labute approximate surface area is 120 Å². The molecule has 0 unspecified atom stereocenters. The van der Waals surface area contributed by atoms with E-state index in [9.17, 15) is 4.79 Å². The molecular weight excluding hydrogens is 256 g/mol. The SMILES string of the molecule is CC(C)COCCCNC(=O)c1n[nH]c(C(C)C)c1N. The van der Waals surface area contributed by atoms with E-state index in [-0.39, 0.29) is 17.5 Å². The van der Waals surface area contributed by atoms with Gasteiger partial charge in [0, 0.05) is 19.8 Å². The summed E-state index contributed by atoms with van der Waals surface area (Å²) in [5, 5.41) is 9.60. The van der Waals surface area contributed by atoms with Crippen molar-refractivity contribution >= 4 is 11.6 Å². The van der Waals surface area contributed by atoms with Crippen LogP contribution in [0.3, 0.4) is 0 Å². The molecule has 1 heterocycles.